The molecule has 138 valence electrons. The number of nitrogens with one attached hydrogen (secondary N) is 2. The molecule has 0 radical (unpaired) electrons. The van der Waals surface area contributed by atoms with Gasteiger partial charge in [-0.1, -0.05) is 30.3 Å². The predicted molar refractivity (Wildman–Crippen MR) is 106 cm³/mol. The summed E-state index contributed by atoms with van der Waals surface area (Å²) in [4.78, 5) is 26.6. The van der Waals surface area contributed by atoms with Crippen molar-refractivity contribution in [3.8, 4) is 0 Å². The Morgan fingerprint density at radius 1 is 0.926 bits per heavy atom. The van der Waals surface area contributed by atoms with Crippen molar-refractivity contribution in [3.63, 3.8) is 0 Å². The number of hydrogen-bond donors (Lipinski definition) is 2. The van der Waals surface area contributed by atoms with Crippen LogP contribution in [0.2, 0.25) is 0 Å². The molecule has 0 spiro atoms. The largest absolute Gasteiger partial charge is 0.361 e. The molecule has 2 N–H and O–H groups in total. The molecule has 0 aromatic heterocycles. The molecule has 2 amide bonds. The maximum Gasteiger partial charge on any atom is 0.260 e. The first kappa shape index (κ1) is 17.5. The fourth-order valence-electron chi connectivity index (χ4n) is 3.64. The minimum absolute atomic E-state index is 0.352. The Labute approximate surface area is 159 Å². The van der Waals surface area contributed by atoms with Crippen molar-refractivity contribution >= 4 is 23.1 Å². The van der Waals surface area contributed by atoms with Gasteiger partial charge in [0.1, 0.15) is 0 Å². The van der Waals surface area contributed by atoms with E-state index in [9.17, 15) is 9.59 Å². The van der Waals surface area contributed by atoms with E-state index in [-0.39, 0.29) is 11.8 Å². The quantitative estimate of drug-likeness (QED) is 0.635. The molecule has 1 fully saturated rings. The van der Waals surface area contributed by atoms with Crippen molar-refractivity contribution in [3.05, 3.63) is 71.4 Å². The minimum atomic E-state index is -0.381. The Balaban J connectivity index is 1.44. The van der Waals surface area contributed by atoms with Crippen LogP contribution in [-0.2, 0) is 11.2 Å². The summed E-state index contributed by atoms with van der Waals surface area (Å²) in [6.45, 7) is 3.56. The summed E-state index contributed by atoms with van der Waals surface area (Å²) < 4.78 is 0. The SMILES string of the molecule is O=C1NC(=O)c2ccccc2C1=CNc1ccc(CCN2CCCC2)cc1. The number of anilines is 1. The van der Waals surface area contributed by atoms with Gasteiger partial charge in [-0.15, -0.1) is 0 Å². The van der Waals surface area contributed by atoms with E-state index in [1.165, 1.54) is 31.5 Å². The molecule has 1 saturated heterocycles. The molecule has 5 heteroatoms. The van der Waals surface area contributed by atoms with E-state index in [0.29, 0.717) is 16.7 Å². The maximum absolute atomic E-state index is 12.2. The van der Waals surface area contributed by atoms with Crippen molar-refractivity contribution < 1.29 is 9.59 Å². The zero-order valence-electron chi connectivity index (χ0n) is 15.2. The van der Waals surface area contributed by atoms with Gasteiger partial charge in [0, 0.05) is 29.6 Å². The fourth-order valence-corrected chi connectivity index (χ4v) is 3.64. The standard InChI is InChI=1S/C22H23N3O2/c26-21-19-6-2-1-5-18(19)20(22(27)24-21)15-23-17-9-7-16(8-10-17)11-14-25-12-3-4-13-25/h1-2,5-10,15,23H,3-4,11-14H2,(H,24,26,27). The van der Waals surface area contributed by atoms with Crippen LogP contribution in [0.4, 0.5) is 5.69 Å². The van der Waals surface area contributed by atoms with Crippen LogP contribution in [0.25, 0.3) is 5.57 Å². The Morgan fingerprint density at radius 2 is 1.63 bits per heavy atom. The topological polar surface area (TPSA) is 61.4 Å². The Hall–Kier alpha value is -2.92. The van der Waals surface area contributed by atoms with Crippen LogP contribution in [0.3, 0.4) is 0 Å². The van der Waals surface area contributed by atoms with Crippen molar-refractivity contribution in [2.75, 3.05) is 25.0 Å². The predicted octanol–water partition coefficient (Wildman–Crippen LogP) is 3.05. The molecule has 0 aliphatic carbocycles. The summed E-state index contributed by atoms with van der Waals surface area (Å²) >= 11 is 0. The Morgan fingerprint density at radius 3 is 2.37 bits per heavy atom. The van der Waals surface area contributed by atoms with Gasteiger partial charge in [-0.3, -0.25) is 14.9 Å². The number of imide groups is 1. The zero-order valence-corrected chi connectivity index (χ0v) is 15.2. The van der Waals surface area contributed by atoms with Gasteiger partial charge in [0.05, 0.1) is 5.57 Å². The third-order valence-corrected chi connectivity index (χ3v) is 5.19. The highest BCUT2D eigenvalue weighted by Crippen LogP contribution is 2.24. The van der Waals surface area contributed by atoms with E-state index >= 15 is 0 Å². The number of benzene rings is 2. The average molecular weight is 361 g/mol. The molecule has 0 saturated carbocycles. The van der Waals surface area contributed by atoms with Gasteiger partial charge in [-0.25, -0.2) is 0 Å². The van der Waals surface area contributed by atoms with Crippen LogP contribution in [0.1, 0.15) is 34.3 Å². The van der Waals surface area contributed by atoms with Crippen LogP contribution in [0.15, 0.2) is 54.7 Å². The number of hydrogen-bond acceptors (Lipinski definition) is 4. The maximum atomic E-state index is 12.2. The van der Waals surface area contributed by atoms with Gasteiger partial charge in [-0.2, -0.15) is 0 Å². The molecule has 0 bridgehead atoms. The lowest BCUT2D eigenvalue weighted by molar-refractivity contribution is -0.114. The number of amides is 2. The smallest absolute Gasteiger partial charge is 0.260 e. The number of carbonyl (C=O) groups excluding carboxylic acids is 2. The number of fused-ring (bicyclic) bond motifs is 1. The summed E-state index contributed by atoms with van der Waals surface area (Å²) in [6.07, 6.45) is 5.36. The van der Waals surface area contributed by atoms with Crippen molar-refractivity contribution in [2.24, 2.45) is 0 Å². The first-order chi connectivity index (χ1) is 13.2. The lowest BCUT2D eigenvalue weighted by Gasteiger charge is -2.18. The van der Waals surface area contributed by atoms with Crippen molar-refractivity contribution in [2.45, 2.75) is 19.3 Å². The first-order valence-electron chi connectivity index (χ1n) is 9.44. The summed E-state index contributed by atoms with van der Waals surface area (Å²) in [7, 11) is 0. The Kier molecular flexibility index (Phi) is 5.03. The minimum Gasteiger partial charge on any atom is -0.361 e. The fraction of sp³-hybridized carbons (Fsp3) is 0.273. The van der Waals surface area contributed by atoms with Gasteiger partial charge >= 0.3 is 0 Å². The van der Waals surface area contributed by atoms with Gasteiger partial charge in [-0.05, 0) is 56.1 Å². The molecular formula is C22H23N3O2. The first-order valence-corrected chi connectivity index (χ1v) is 9.44. The summed E-state index contributed by atoms with van der Waals surface area (Å²) in [6, 6.07) is 15.4. The number of nitrogens with zero attached hydrogens (tertiary/aromatic N) is 1. The molecule has 2 aliphatic rings. The van der Waals surface area contributed by atoms with Crippen LogP contribution >= 0.6 is 0 Å². The summed E-state index contributed by atoms with van der Waals surface area (Å²) in [5.41, 5.74) is 3.85. The molecule has 2 aromatic carbocycles. The molecule has 2 aliphatic heterocycles. The number of carbonyl (C=O) groups is 2. The van der Waals surface area contributed by atoms with E-state index in [2.05, 4.69) is 27.7 Å². The molecule has 0 unspecified atom stereocenters. The lowest BCUT2D eigenvalue weighted by atomic mass is 9.96. The number of likely N-dealkylation sites (tertiary alicyclic amines) is 1. The molecule has 4 rings (SSSR count). The molecule has 27 heavy (non-hydrogen) atoms. The van der Waals surface area contributed by atoms with Gasteiger partial charge < -0.3 is 10.2 Å². The summed E-state index contributed by atoms with van der Waals surface area (Å²) in [5, 5.41) is 5.56. The highest BCUT2D eigenvalue weighted by atomic mass is 16.2. The van der Waals surface area contributed by atoms with E-state index in [4.69, 9.17) is 0 Å². The van der Waals surface area contributed by atoms with Crippen LogP contribution in [-0.4, -0.2) is 36.3 Å². The molecular weight excluding hydrogens is 338 g/mol. The zero-order chi connectivity index (χ0) is 18.6. The van der Waals surface area contributed by atoms with E-state index in [1.807, 2.05) is 18.2 Å². The highest BCUT2D eigenvalue weighted by Gasteiger charge is 2.26. The third kappa shape index (κ3) is 3.93. The van der Waals surface area contributed by atoms with Crippen LogP contribution in [0, 0.1) is 0 Å². The third-order valence-electron chi connectivity index (χ3n) is 5.19. The molecule has 2 aromatic rings. The van der Waals surface area contributed by atoms with Gasteiger partial charge in [0.25, 0.3) is 11.8 Å². The molecule has 5 nitrogen and oxygen atoms in total. The monoisotopic (exact) mass is 361 g/mol. The van der Waals surface area contributed by atoms with E-state index < -0.39 is 0 Å². The Bertz CT molecular complexity index is 881. The molecule has 2 heterocycles. The van der Waals surface area contributed by atoms with Crippen molar-refractivity contribution in [1.29, 1.82) is 0 Å². The summed E-state index contributed by atoms with van der Waals surface area (Å²) in [5.74, 6) is -0.733. The average Bonchev–Trinajstić information content (AvgIpc) is 3.21. The second-order valence-electron chi connectivity index (χ2n) is 7.03. The lowest BCUT2D eigenvalue weighted by Crippen LogP contribution is -2.36. The van der Waals surface area contributed by atoms with E-state index in [0.717, 1.165) is 18.7 Å². The van der Waals surface area contributed by atoms with Gasteiger partial charge in [0.2, 0.25) is 0 Å². The highest BCUT2D eigenvalue weighted by molar-refractivity contribution is 6.31. The van der Waals surface area contributed by atoms with Crippen molar-refractivity contribution in [1.82, 2.24) is 10.2 Å². The molecule has 0 atom stereocenters. The second kappa shape index (κ2) is 7.76. The van der Waals surface area contributed by atoms with Crippen LogP contribution in [0.5, 0.6) is 0 Å². The normalized spacial score (nSPS) is 18.4. The van der Waals surface area contributed by atoms with E-state index in [1.54, 1.807) is 24.4 Å². The number of rotatable bonds is 5. The second-order valence-corrected chi connectivity index (χ2v) is 7.03. The van der Waals surface area contributed by atoms with Gasteiger partial charge in [0.15, 0.2) is 0 Å². The van der Waals surface area contributed by atoms with Crippen LogP contribution < -0.4 is 10.6 Å².